The second-order valence-corrected chi connectivity index (χ2v) is 13.4. The molecule has 2 heterocycles. The number of sulfone groups is 1. The first-order valence-electron chi connectivity index (χ1n) is 11.7. The Morgan fingerprint density at radius 2 is 1.70 bits per heavy atom. The second-order valence-electron chi connectivity index (χ2n) is 9.28. The maximum Gasteiger partial charge on any atom is 0.416 e. The lowest BCUT2D eigenvalue weighted by molar-refractivity contribution is -0.137. The van der Waals surface area contributed by atoms with E-state index < -0.39 is 67.3 Å². The third-order valence-corrected chi connectivity index (χ3v) is 10.1. The third-order valence-electron chi connectivity index (χ3n) is 6.64. The summed E-state index contributed by atoms with van der Waals surface area (Å²) in [6, 6.07) is 9.51. The van der Waals surface area contributed by atoms with E-state index in [4.69, 9.17) is 0 Å². The standard InChI is InChI=1S/C25H20F6N2O5S2/c26-18-8-16(9-20(12-18)38-24(27)28)15-4-5-22-23(10-15)33(13-19-14-39(34,35)7-6-32(19)22)40(36,37)21-3-1-2-17(11-21)25(29,30)31/h1-5,8-12,19,24H,6-7,13-14H2. The van der Waals surface area contributed by atoms with E-state index >= 15 is 0 Å². The van der Waals surface area contributed by atoms with Crippen molar-refractivity contribution in [1.29, 1.82) is 0 Å². The Morgan fingerprint density at radius 3 is 2.40 bits per heavy atom. The maximum absolute atomic E-state index is 14.2. The highest BCUT2D eigenvalue weighted by atomic mass is 32.2. The van der Waals surface area contributed by atoms with Crippen molar-refractivity contribution in [3.8, 4) is 16.9 Å². The Hall–Kier alpha value is -3.46. The summed E-state index contributed by atoms with van der Waals surface area (Å²) in [6.07, 6.45) is -4.82. The quantitative estimate of drug-likeness (QED) is 0.384. The van der Waals surface area contributed by atoms with E-state index in [0.717, 1.165) is 40.7 Å². The lowest BCUT2D eigenvalue weighted by Crippen LogP contribution is -2.57. The summed E-state index contributed by atoms with van der Waals surface area (Å²) in [7, 11) is -8.18. The summed E-state index contributed by atoms with van der Waals surface area (Å²) in [4.78, 5) is 1.04. The van der Waals surface area contributed by atoms with Gasteiger partial charge in [0.05, 0.1) is 45.9 Å². The topological polar surface area (TPSA) is 84.0 Å². The fourth-order valence-corrected chi connectivity index (χ4v) is 7.95. The van der Waals surface area contributed by atoms with E-state index in [2.05, 4.69) is 4.74 Å². The van der Waals surface area contributed by atoms with Gasteiger partial charge in [-0.2, -0.15) is 22.0 Å². The van der Waals surface area contributed by atoms with Crippen LogP contribution in [0.2, 0.25) is 0 Å². The largest absolute Gasteiger partial charge is 0.435 e. The van der Waals surface area contributed by atoms with Crippen LogP contribution in [0.4, 0.5) is 37.7 Å². The summed E-state index contributed by atoms with van der Waals surface area (Å²) in [5.41, 5.74) is -0.618. The highest BCUT2D eigenvalue weighted by Crippen LogP contribution is 2.43. The fraction of sp³-hybridized carbons (Fsp3) is 0.280. The van der Waals surface area contributed by atoms with E-state index in [-0.39, 0.29) is 34.9 Å². The van der Waals surface area contributed by atoms with Crippen LogP contribution in [-0.2, 0) is 26.0 Å². The van der Waals surface area contributed by atoms with Crippen molar-refractivity contribution in [3.05, 3.63) is 72.0 Å². The summed E-state index contributed by atoms with van der Waals surface area (Å²) < 4.78 is 137. The SMILES string of the molecule is O=S1(=O)CCN2c3ccc(-c4cc(F)cc(OC(F)F)c4)cc3N(S(=O)(=O)c3cccc(C(F)(F)F)c3)CC2C1. The highest BCUT2D eigenvalue weighted by Gasteiger charge is 2.42. The van der Waals surface area contributed by atoms with Gasteiger partial charge >= 0.3 is 12.8 Å². The van der Waals surface area contributed by atoms with Gasteiger partial charge in [-0.1, -0.05) is 12.1 Å². The lowest BCUT2D eigenvalue weighted by Gasteiger charge is -2.46. The van der Waals surface area contributed by atoms with E-state index in [1.54, 1.807) is 4.90 Å². The molecular formula is C25H20F6N2O5S2. The average molecular weight is 607 g/mol. The number of hydrogen-bond donors (Lipinski definition) is 0. The molecule has 2 aliphatic rings. The van der Waals surface area contributed by atoms with Crippen LogP contribution in [-0.4, -0.2) is 54.1 Å². The number of anilines is 2. The number of hydrogen-bond acceptors (Lipinski definition) is 6. The molecule has 15 heteroatoms. The molecule has 0 saturated carbocycles. The summed E-state index contributed by atoms with van der Waals surface area (Å²) >= 11 is 0. The van der Waals surface area contributed by atoms with Gasteiger partial charge in [-0.25, -0.2) is 21.2 Å². The molecule has 40 heavy (non-hydrogen) atoms. The van der Waals surface area contributed by atoms with Crippen molar-refractivity contribution < 1.29 is 47.9 Å². The van der Waals surface area contributed by atoms with Gasteiger partial charge in [0, 0.05) is 12.6 Å². The Kier molecular flexibility index (Phi) is 6.93. The van der Waals surface area contributed by atoms with Crippen molar-refractivity contribution in [2.45, 2.75) is 23.7 Å². The van der Waals surface area contributed by atoms with E-state index in [1.807, 2.05) is 0 Å². The van der Waals surface area contributed by atoms with Crippen molar-refractivity contribution in [2.75, 3.05) is 33.8 Å². The fourth-order valence-electron chi connectivity index (χ4n) is 4.88. The van der Waals surface area contributed by atoms with Crippen LogP contribution in [0.15, 0.2) is 65.6 Å². The molecule has 0 radical (unpaired) electrons. The zero-order chi connectivity index (χ0) is 29.0. The Balaban J connectivity index is 1.66. The molecule has 1 fully saturated rings. The second kappa shape index (κ2) is 9.87. The lowest BCUT2D eigenvalue weighted by atomic mass is 10.0. The molecule has 1 atom stereocenters. The van der Waals surface area contributed by atoms with Gasteiger partial charge in [-0.05, 0) is 53.6 Å². The minimum absolute atomic E-state index is 0.00560. The molecule has 0 N–H and O–H groups in total. The van der Waals surface area contributed by atoms with Crippen LogP contribution >= 0.6 is 0 Å². The molecule has 3 aromatic carbocycles. The Labute approximate surface area is 225 Å². The smallest absolute Gasteiger partial charge is 0.416 e. The van der Waals surface area contributed by atoms with E-state index in [0.29, 0.717) is 11.8 Å². The molecule has 0 bridgehead atoms. The predicted molar refractivity (Wildman–Crippen MR) is 134 cm³/mol. The molecule has 0 spiro atoms. The molecule has 7 nitrogen and oxygen atoms in total. The number of halogens is 6. The van der Waals surface area contributed by atoms with Gasteiger partial charge in [-0.15, -0.1) is 0 Å². The molecule has 1 saturated heterocycles. The molecule has 5 rings (SSSR count). The number of ether oxygens (including phenoxy) is 1. The monoisotopic (exact) mass is 606 g/mol. The molecule has 0 amide bonds. The molecule has 214 valence electrons. The first-order chi connectivity index (χ1) is 18.6. The van der Waals surface area contributed by atoms with Crippen molar-refractivity contribution >= 4 is 31.2 Å². The zero-order valence-corrected chi connectivity index (χ0v) is 21.9. The molecule has 0 aliphatic carbocycles. The van der Waals surface area contributed by atoms with Crippen molar-refractivity contribution in [2.24, 2.45) is 0 Å². The normalized spacial score (nSPS) is 18.8. The third kappa shape index (κ3) is 5.44. The highest BCUT2D eigenvalue weighted by molar-refractivity contribution is 7.93. The first kappa shape index (κ1) is 28.1. The number of fused-ring (bicyclic) bond motifs is 3. The van der Waals surface area contributed by atoms with Crippen LogP contribution in [0.1, 0.15) is 5.56 Å². The Morgan fingerprint density at radius 1 is 0.950 bits per heavy atom. The van der Waals surface area contributed by atoms with Crippen LogP contribution in [0.25, 0.3) is 11.1 Å². The van der Waals surface area contributed by atoms with Crippen molar-refractivity contribution in [3.63, 3.8) is 0 Å². The van der Waals surface area contributed by atoms with Gasteiger partial charge in [0.15, 0.2) is 9.84 Å². The first-order valence-corrected chi connectivity index (χ1v) is 15.0. The minimum atomic E-state index is -4.82. The number of nitrogens with zero attached hydrogens (tertiary/aromatic N) is 2. The number of sulfonamides is 1. The minimum Gasteiger partial charge on any atom is -0.435 e. The van der Waals surface area contributed by atoms with Crippen LogP contribution in [0.3, 0.4) is 0 Å². The van der Waals surface area contributed by atoms with Crippen LogP contribution in [0, 0.1) is 5.82 Å². The van der Waals surface area contributed by atoms with Crippen molar-refractivity contribution in [1.82, 2.24) is 0 Å². The summed E-state index contributed by atoms with van der Waals surface area (Å²) in [5, 5.41) is 0. The van der Waals surface area contributed by atoms with E-state index in [9.17, 15) is 43.2 Å². The molecule has 3 aromatic rings. The molecule has 2 aliphatic heterocycles. The maximum atomic E-state index is 14.2. The number of alkyl halides is 5. The van der Waals surface area contributed by atoms with E-state index in [1.165, 1.54) is 18.2 Å². The molecule has 1 unspecified atom stereocenters. The van der Waals surface area contributed by atoms with Gasteiger partial charge in [-0.3, -0.25) is 4.31 Å². The number of rotatable bonds is 5. The van der Waals surface area contributed by atoms with Gasteiger partial charge in [0.2, 0.25) is 0 Å². The van der Waals surface area contributed by atoms with Crippen LogP contribution in [0.5, 0.6) is 5.75 Å². The Bertz CT molecular complexity index is 1680. The summed E-state index contributed by atoms with van der Waals surface area (Å²) in [6.45, 7) is -3.57. The average Bonchev–Trinajstić information content (AvgIpc) is 2.86. The molecule has 0 aromatic heterocycles. The predicted octanol–water partition coefficient (Wildman–Crippen LogP) is 4.93. The van der Waals surface area contributed by atoms with Gasteiger partial charge in [0.25, 0.3) is 10.0 Å². The number of benzene rings is 3. The zero-order valence-electron chi connectivity index (χ0n) is 20.3. The summed E-state index contributed by atoms with van der Waals surface area (Å²) in [5.74, 6) is -1.94. The van der Waals surface area contributed by atoms with Gasteiger partial charge < -0.3 is 9.64 Å². The van der Waals surface area contributed by atoms with Crippen LogP contribution < -0.4 is 13.9 Å². The van der Waals surface area contributed by atoms with Gasteiger partial charge in [0.1, 0.15) is 11.6 Å². The molecular weight excluding hydrogens is 586 g/mol.